The molecule has 0 radical (unpaired) electrons. The van der Waals surface area contributed by atoms with E-state index >= 15 is 0 Å². The van der Waals surface area contributed by atoms with Crippen LogP contribution in [0.3, 0.4) is 0 Å². The van der Waals surface area contributed by atoms with Gasteiger partial charge in [-0.1, -0.05) is 0 Å². The van der Waals surface area contributed by atoms with Crippen molar-refractivity contribution in [2.24, 2.45) is 0 Å². The summed E-state index contributed by atoms with van der Waals surface area (Å²) >= 11 is 0. The largest absolute Gasteiger partial charge is 1.00 e. The van der Waals surface area contributed by atoms with Crippen molar-refractivity contribution in [1.29, 1.82) is 0 Å². The van der Waals surface area contributed by atoms with Gasteiger partial charge in [0.25, 0.3) is 0 Å². The van der Waals surface area contributed by atoms with E-state index in [1.807, 2.05) is 0 Å². The van der Waals surface area contributed by atoms with Gasteiger partial charge in [-0.15, -0.1) is 0 Å². The third-order valence-corrected chi connectivity index (χ3v) is 3.36. The molecule has 2 unspecified atom stereocenters. The van der Waals surface area contributed by atoms with Gasteiger partial charge in [0.1, 0.15) is 24.1 Å². The zero-order valence-corrected chi connectivity index (χ0v) is 14.4. The first-order valence-electron chi connectivity index (χ1n) is 5.75. The number of hydrogen-bond donors (Lipinski definition) is 5. The van der Waals surface area contributed by atoms with Gasteiger partial charge in [0, 0.05) is 6.20 Å². The summed E-state index contributed by atoms with van der Waals surface area (Å²) in [5.41, 5.74) is 4.52. The maximum Gasteiger partial charge on any atom is 1.00 e. The molecule has 13 heteroatoms. The summed E-state index contributed by atoms with van der Waals surface area (Å²) in [6.45, 7) is -0.657. The predicted octanol–water partition coefficient (Wildman–Crippen LogP) is -5.33. The number of phosphoric ester groups is 1. The zero-order valence-electron chi connectivity index (χ0n) is 12.5. The van der Waals surface area contributed by atoms with Crippen molar-refractivity contribution in [3.63, 3.8) is 0 Å². The average molecular weight is 347 g/mol. The van der Waals surface area contributed by atoms with Crippen LogP contribution in [0.15, 0.2) is 17.1 Å². The van der Waals surface area contributed by atoms with E-state index in [1.165, 1.54) is 12.3 Å². The number of anilines is 1. The van der Waals surface area contributed by atoms with Gasteiger partial charge in [-0.05, 0) is 6.07 Å². The number of nitrogens with two attached hydrogens (primary N) is 1. The van der Waals surface area contributed by atoms with Crippen molar-refractivity contribution in [1.82, 2.24) is 9.55 Å². The molecule has 4 atom stereocenters. The Morgan fingerprint density at radius 1 is 1.45 bits per heavy atom. The third kappa shape index (κ3) is 4.59. The molecule has 22 heavy (non-hydrogen) atoms. The fraction of sp³-hybridized carbons (Fsp3) is 0.556. The van der Waals surface area contributed by atoms with Gasteiger partial charge >= 0.3 is 43.1 Å². The number of aromatic nitrogens is 2. The summed E-state index contributed by atoms with van der Waals surface area (Å²) in [5.74, 6) is -0.0225. The monoisotopic (exact) mass is 347 g/mol. The van der Waals surface area contributed by atoms with E-state index in [4.69, 9.17) is 20.3 Å². The quantitative estimate of drug-likeness (QED) is 0.261. The van der Waals surface area contributed by atoms with Gasteiger partial charge in [0.15, 0.2) is 6.23 Å². The Morgan fingerprint density at radius 3 is 2.64 bits per heavy atom. The van der Waals surface area contributed by atoms with Crippen LogP contribution in [0.2, 0.25) is 0 Å². The van der Waals surface area contributed by atoms with Crippen LogP contribution in [-0.2, 0) is 13.8 Å². The molecule has 0 saturated carbocycles. The minimum atomic E-state index is -4.74. The fourth-order valence-corrected chi connectivity index (χ4v) is 2.23. The van der Waals surface area contributed by atoms with Crippen LogP contribution in [-0.4, -0.2) is 54.5 Å². The van der Waals surface area contributed by atoms with Crippen molar-refractivity contribution in [2.75, 3.05) is 12.3 Å². The molecule has 1 aliphatic rings. The van der Waals surface area contributed by atoms with Crippen LogP contribution in [0, 0.1) is 0 Å². The van der Waals surface area contributed by atoms with Gasteiger partial charge in [0.05, 0.1) is 6.61 Å². The summed E-state index contributed by atoms with van der Waals surface area (Å²) in [4.78, 5) is 32.3. The van der Waals surface area contributed by atoms with Crippen LogP contribution in [0.25, 0.3) is 0 Å². The number of aliphatic hydroxyl groups is 2. The van der Waals surface area contributed by atoms with Crippen molar-refractivity contribution in [3.8, 4) is 0 Å². The normalized spacial score (nSPS) is 28.4. The molecule has 1 aliphatic heterocycles. The van der Waals surface area contributed by atoms with Crippen molar-refractivity contribution < 1.29 is 64.8 Å². The summed E-state index contributed by atoms with van der Waals surface area (Å²) in [7, 11) is -4.74. The van der Waals surface area contributed by atoms with E-state index in [-0.39, 0.29) is 36.8 Å². The third-order valence-electron chi connectivity index (χ3n) is 2.87. The molecule has 1 aromatic rings. The van der Waals surface area contributed by atoms with Gasteiger partial charge in [-0.25, -0.2) is 9.36 Å². The van der Waals surface area contributed by atoms with E-state index in [0.717, 1.165) is 4.57 Å². The van der Waals surface area contributed by atoms with E-state index in [1.54, 1.807) is 0 Å². The smallest absolute Gasteiger partial charge is 1.00 e. The van der Waals surface area contributed by atoms with Gasteiger partial charge in [0.2, 0.25) is 0 Å². The molecule has 11 nitrogen and oxygen atoms in total. The number of nitrogen functional groups attached to an aromatic ring is 1. The molecule has 6 N–H and O–H groups in total. The van der Waals surface area contributed by atoms with Crippen molar-refractivity contribution in [2.45, 2.75) is 24.5 Å². The molecule has 0 spiro atoms. The Balaban J connectivity index is 0.00000242. The molecule has 2 rings (SSSR count). The van der Waals surface area contributed by atoms with E-state index in [0.29, 0.717) is 0 Å². The fourth-order valence-electron chi connectivity index (χ4n) is 1.89. The second-order valence-corrected chi connectivity index (χ2v) is 5.61. The first kappa shape index (κ1) is 19.7. The van der Waals surface area contributed by atoms with Crippen LogP contribution in [0.5, 0.6) is 0 Å². The Hall–Kier alpha value is -0.330. The Labute approximate surface area is 147 Å². The first-order chi connectivity index (χ1) is 9.69. The number of nitrogens with zero attached hydrogens (tertiary/aromatic N) is 2. The molecule has 0 bridgehead atoms. The Bertz CT molecular complexity index is 627. The maximum atomic E-state index is 11.6. The second-order valence-electron chi connectivity index (χ2n) is 4.37. The van der Waals surface area contributed by atoms with Gasteiger partial charge < -0.3 is 31.9 Å². The number of rotatable bonds is 4. The maximum absolute atomic E-state index is 11.6. The summed E-state index contributed by atoms with van der Waals surface area (Å²) in [6.07, 6.45) is -4.27. The van der Waals surface area contributed by atoms with E-state index in [9.17, 15) is 19.6 Å². The molecular formula is C9H15N3NaO8P. The van der Waals surface area contributed by atoms with Crippen molar-refractivity contribution in [3.05, 3.63) is 22.7 Å². The number of ether oxygens (including phenoxy) is 1. The summed E-state index contributed by atoms with van der Waals surface area (Å²) in [5, 5.41) is 19.6. The molecule has 0 aliphatic carbocycles. The minimum absolute atomic E-state index is 0. The van der Waals surface area contributed by atoms with E-state index in [2.05, 4.69) is 9.51 Å². The average Bonchev–Trinajstić information content (AvgIpc) is 2.64. The zero-order chi connectivity index (χ0) is 15.8. The SMILES string of the molecule is Nc1ccn([C@@H]2O[C@H](COP(=O)(O)O)C(O)C2O)c(=O)n1.[H-].[Na+]. The molecule has 1 fully saturated rings. The van der Waals surface area contributed by atoms with Crippen LogP contribution in [0.1, 0.15) is 7.65 Å². The molecular weight excluding hydrogens is 332 g/mol. The molecule has 0 amide bonds. The van der Waals surface area contributed by atoms with Gasteiger partial charge in [-0.3, -0.25) is 9.09 Å². The van der Waals surface area contributed by atoms with Crippen LogP contribution < -0.4 is 41.0 Å². The second kappa shape index (κ2) is 7.49. The number of hydrogen-bond acceptors (Lipinski definition) is 8. The Morgan fingerprint density at radius 2 is 2.09 bits per heavy atom. The molecule has 0 aromatic carbocycles. The minimum Gasteiger partial charge on any atom is -1.00 e. The number of phosphoric acid groups is 1. The molecule has 2 heterocycles. The molecule has 1 saturated heterocycles. The molecule has 1 aromatic heterocycles. The van der Waals surface area contributed by atoms with Crippen molar-refractivity contribution >= 4 is 13.6 Å². The topological polar surface area (TPSA) is 177 Å². The standard InChI is InChI=1S/C9H14N3O8P.Na.H/c10-5-1-2-12(9(15)11-5)8-7(14)6(13)4(20-8)3-19-21(16,17)18;;/h1-2,4,6-8,13-14H,3H2,(H2,10,11,15)(H2,16,17,18);;/q;+1;-1/t4-,6?,7?,8-;;/m1../s1. The first-order valence-corrected chi connectivity index (χ1v) is 7.28. The van der Waals surface area contributed by atoms with Gasteiger partial charge in [-0.2, -0.15) is 4.98 Å². The summed E-state index contributed by atoms with van der Waals surface area (Å²) in [6, 6.07) is 1.29. The number of aliphatic hydroxyl groups excluding tert-OH is 2. The summed E-state index contributed by atoms with van der Waals surface area (Å²) < 4.78 is 20.9. The predicted molar refractivity (Wildman–Crippen MR) is 67.9 cm³/mol. The Kier molecular flexibility index (Phi) is 6.72. The van der Waals surface area contributed by atoms with E-state index < -0.39 is 44.7 Å². The van der Waals surface area contributed by atoms with Crippen LogP contribution in [0.4, 0.5) is 5.82 Å². The molecule has 120 valence electrons. The van der Waals surface area contributed by atoms with Crippen LogP contribution >= 0.6 is 7.82 Å².